The van der Waals surface area contributed by atoms with Crippen molar-refractivity contribution in [2.45, 2.75) is 0 Å². The number of benzene rings is 2. The SMILES string of the molecule is O=C(CNc1ccc2c(c1)OCO2)N/N=C\c1ccc(Cl)c([N+](=O)[O-])c1. The summed E-state index contributed by atoms with van der Waals surface area (Å²) >= 11 is 5.73. The summed E-state index contributed by atoms with van der Waals surface area (Å²) in [7, 11) is 0. The van der Waals surface area contributed by atoms with Crippen LogP contribution in [-0.4, -0.2) is 30.4 Å². The number of amides is 1. The molecule has 0 fully saturated rings. The fourth-order valence-electron chi connectivity index (χ4n) is 2.16. The van der Waals surface area contributed by atoms with Crippen molar-refractivity contribution in [3.05, 3.63) is 57.1 Å². The number of nitrogens with zero attached hydrogens (tertiary/aromatic N) is 2. The molecule has 1 amide bonds. The number of carbonyl (C=O) groups excluding carboxylic acids is 1. The summed E-state index contributed by atoms with van der Waals surface area (Å²) in [4.78, 5) is 22.0. The van der Waals surface area contributed by atoms with Crippen LogP contribution in [0.25, 0.3) is 0 Å². The number of hydrazone groups is 1. The van der Waals surface area contributed by atoms with Crippen LogP contribution in [0.5, 0.6) is 11.5 Å². The zero-order valence-electron chi connectivity index (χ0n) is 13.3. The third kappa shape index (κ3) is 4.19. The Hall–Kier alpha value is -3.33. The molecule has 26 heavy (non-hydrogen) atoms. The zero-order valence-corrected chi connectivity index (χ0v) is 14.0. The van der Waals surface area contributed by atoms with Crippen LogP contribution in [0, 0.1) is 10.1 Å². The first kappa shape index (κ1) is 17.5. The number of nitro groups is 1. The molecule has 2 aromatic rings. The third-order valence-electron chi connectivity index (χ3n) is 3.40. The van der Waals surface area contributed by atoms with Crippen molar-refractivity contribution in [3.63, 3.8) is 0 Å². The number of hydrogen-bond donors (Lipinski definition) is 2. The number of rotatable bonds is 6. The van der Waals surface area contributed by atoms with Crippen LogP contribution in [0.15, 0.2) is 41.5 Å². The van der Waals surface area contributed by atoms with Crippen molar-refractivity contribution in [2.24, 2.45) is 5.10 Å². The molecule has 1 heterocycles. The largest absolute Gasteiger partial charge is 0.454 e. The molecule has 2 aromatic carbocycles. The van der Waals surface area contributed by atoms with Crippen LogP contribution >= 0.6 is 11.6 Å². The van der Waals surface area contributed by atoms with E-state index in [0.29, 0.717) is 22.7 Å². The van der Waals surface area contributed by atoms with Crippen LogP contribution < -0.4 is 20.2 Å². The van der Waals surface area contributed by atoms with E-state index in [-0.39, 0.29) is 30.0 Å². The minimum atomic E-state index is -0.590. The third-order valence-corrected chi connectivity index (χ3v) is 3.72. The standard InChI is InChI=1S/C16H13ClN4O5/c17-12-3-1-10(5-13(12)21(23)24)7-19-20-16(22)8-18-11-2-4-14-15(6-11)26-9-25-14/h1-7,18H,8-9H2,(H,20,22)/b19-7-. The molecule has 0 bridgehead atoms. The molecule has 10 heteroatoms. The van der Waals surface area contributed by atoms with Gasteiger partial charge in [0.15, 0.2) is 11.5 Å². The summed E-state index contributed by atoms with van der Waals surface area (Å²) in [6.07, 6.45) is 1.29. The number of nitro benzene ring substituents is 1. The number of nitrogens with one attached hydrogen (secondary N) is 2. The molecule has 0 aromatic heterocycles. The Balaban J connectivity index is 1.52. The van der Waals surface area contributed by atoms with Gasteiger partial charge in [-0.3, -0.25) is 14.9 Å². The van der Waals surface area contributed by atoms with Crippen molar-refractivity contribution in [1.82, 2.24) is 5.43 Å². The topological polar surface area (TPSA) is 115 Å². The van der Waals surface area contributed by atoms with Crippen molar-refractivity contribution in [3.8, 4) is 11.5 Å². The molecular formula is C16H13ClN4O5. The summed E-state index contributed by atoms with van der Waals surface area (Å²) in [5.41, 5.74) is 3.23. The van der Waals surface area contributed by atoms with E-state index in [2.05, 4.69) is 15.8 Å². The van der Waals surface area contributed by atoms with E-state index in [1.54, 1.807) is 24.3 Å². The second kappa shape index (κ2) is 7.70. The van der Waals surface area contributed by atoms with Crippen LogP contribution in [0.4, 0.5) is 11.4 Å². The van der Waals surface area contributed by atoms with Gasteiger partial charge in [0.25, 0.3) is 11.6 Å². The molecule has 0 atom stereocenters. The summed E-state index contributed by atoms with van der Waals surface area (Å²) in [6, 6.07) is 9.44. The molecule has 0 aliphatic carbocycles. The number of halogens is 1. The van der Waals surface area contributed by atoms with Gasteiger partial charge in [0.1, 0.15) is 5.02 Å². The maximum absolute atomic E-state index is 11.8. The molecule has 134 valence electrons. The lowest BCUT2D eigenvalue weighted by Gasteiger charge is -2.06. The summed E-state index contributed by atoms with van der Waals surface area (Å²) < 4.78 is 10.5. The van der Waals surface area contributed by atoms with Gasteiger partial charge in [-0.2, -0.15) is 5.10 Å². The normalized spacial score (nSPS) is 12.2. The molecule has 1 aliphatic rings. The quantitative estimate of drug-likeness (QED) is 0.455. The van der Waals surface area contributed by atoms with Crippen molar-refractivity contribution in [1.29, 1.82) is 0 Å². The van der Waals surface area contributed by atoms with Crippen LogP contribution in [-0.2, 0) is 4.79 Å². The maximum atomic E-state index is 11.8. The number of hydrogen-bond acceptors (Lipinski definition) is 7. The highest BCUT2D eigenvalue weighted by atomic mass is 35.5. The van der Waals surface area contributed by atoms with E-state index in [0.717, 1.165) is 0 Å². The molecule has 0 radical (unpaired) electrons. The molecule has 1 aliphatic heterocycles. The first-order chi connectivity index (χ1) is 12.5. The lowest BCUT2D eigenvalue weighted by atomic mass is 10.2. The average molecular weight is 377 g/mol. The van der Waals surface area contributed by atoms with Gasteiger partial charge in [-0.25, -0.2) is 5.43 Å². The van der Waals surface area contributed by atoms with Crippen molar-refractivity contribution in [2.75, 3.05) is 18.7 Å². The van der Waals surface area contributed by atoms with Crippen LogP contribution in [0.2, 0.25) is 5.02 Å². The van der Waals surface area contributed by atoms with Gasteiger partial charge >= 0.3 is 0 Å². The van der Waals surface area contributed by atoms with E-state index < -0.39 is 4.92 Å². The Kier molecular flexibility index (Phi) is 5.18. The smallest absolute Gasteiger partial charge is 0.288 e. The number of carbonyl (C=O) groups is 1. The lowest BCUT2D eigenvalue weighted by molar-refractivity contribution is -0.384. The van der Waals surface area contributed by atoms with Gasteiger partial charge < -0.3 is 14.8 Å². The highest BCUT2D eigenvalue weighted by molar-refractivity contribution is 6.32. The highest BCUT2D eigenvalue weighted by Crippen LogP contribution is 2.34. The predicted molar refractivity (Wildman–Crippen MR) is 94.9 cm³/mol. The monoisotopic (exact) mass is 376 g/mol. The minimum absolute atomic E-state index is 0.0161. The van der Waals surface area contributed by atoms with Gasteiger partial charge in [0.05, 0.1) is 17.7 Å². The lowest BCUT2D eigenvalue weighted by Crippen LogP contribution is -2.25. The summed E-state index contributed by atoms with van der Waals surface area (Å²) in [5.74, 6) is 0.877. The number of ether oxygens (including phenoxy) is 2. The Morgan fingerprint density at radius 3 is 2.88 bits per heavy atom. The van der Waals surface area contributed by atoms with Crippen LogP contribution in [0.1, 0.15) is 5.56 Å². The fourth-order valence-corrected chi connectivity index (χ4v) is 2.34. The first-order valence-electron chi connectivity index (χ1n) is 7.42. The summed E-state index contributed by atoms with van der Waals surface area (Å²) in [6.45, 7) is 0.161. The highest BCUT2D eigenvalue weighted by Gasteiger charge is 2.13. The summed E-state index contributed by atoms with van der Waals surface area (Å²) in [5, 5.41) is 17.6. The minimum Gasteiger partial charge on any atom is -0.454 e. The van der Waals surface area contributed by atoms with Gasteiger partial charge in [-0.1, -0.05) is 17.7 Å². The van der Waals surface area contributed by atoms with E-state index in [4.69, 9.17) is 21.1 Å². The van der Waals surface area contributed by atoms with E-state index in [9.17, 15) is 14.9 Å². The number of fused-ring (bicyclic) bond motifs is 1. The Bertz CT molecular complexity index is 887. The molecular weight excluding hydrogens is 364 g/mol. The maximum Gasteiger partial charge on any atom is 0.288 e. The van der Waals surface area contributed by atoms with Crippen molar-refractivity contribution < 1.29 is 19.2 Å². The molecule has 3 rings (SSSR count). The first-order valence-corrected chi connectivity index (χ1v) is 7.80. The Morgan fingerprint density at radius 2 is 2.08 bits per heavy atom. The van der Waals surface area contributed by atoms with Crippen LogP contribution in [0.3, 0.4) is 0 Å². The fraction of sp³-hybridized carbons (Fsp3) is 0.125. The van der Waals surface area contributed by atoms with Crippen molar-refractivity contribution >= 4 is 35.1 Å². The van der Waals surface area contributed by atoms with E-state index in [1.165, 1.54) is 18.3 Å². The van der Waals surface area contributed by atoms with Gasteiger partial charge in [-0.15, -0.1) is 0 Å². The average Bonchev–Trinajstić information content (AvgIpc) is 3.09. The number of anilines is 1. The second-order valence-electron chi connectivity index (χ2n) is 5.18. The molecule has 2 N–H and O–H groups in total. The Morgan fingerprint density at radius 1 is 1.27 bits per heavy atom. The zero-order chi connectivity index (χ0) is 18.5. The molecule has 0 saturated carbocycles. The van der Waals surface area contributed by atoms with E-state index >= 15 is 0 Å². The second-order valence-corrected chi connectivity index (χ2v) is 5.59. The predicted octanol–water partition coefficient (Wildman–Crippen LogP) is 2.54. The van der Waals surface area contributed by atoms with Gasteiger partial charge in [0.2, 0.25) is 6.79 Å². The molecule has 0 spiro atoms. The van der Waals surface area contributed by atoms with Gasteiger partial charge in [-0.05, 0) is 18.2 Å². The van der Waals surface area contributed by atoms with Gasteiger partial charge in [0, 0.05) is 23.4 Å². The molecule has 0 saturated heterocycles. The molecule has 0 unspecified atom stereocenters. The molecule has 9 nitrogen and oxygen atoms in total. The van der Waals surface area contributed by atoms with E-state index in [1.807, 2.05) is 0 Å². The Labute approximate surface area is 152 Å².